The first-order chi connectivity index (χ1) is 7.36. The first-order valence-electron chi connectivity index (χ1n) is 5.74. The van der Waals surface area contributed by atoms with Crippen molar-refractivity contribution in [3.63, 3.8) is 0 Å². The Morgan fingerprint density at radius 2 is 2.00 bits per heavy atom. The molecule has 0 fully saturated rings. The Hall–Kier alpha value is -0.860. The van der Waals surface area contributed by atoms with E-state index in [9.17, 15) is 0 Å². The van der Waals surface area contributed by atoms with Crippen LogP contribution < -0.4 is 5.32 Å². The summed E-state index contributed by atoms with van der Waals surface area (Å²) in [5, 5.41) is 3.37. The average molecular weight is 205 g/mol. The van der Waals surface area contributed by atoms with Crippen LogP contribution >= 0.6 is 0 Å². The van der Waals surface area contributed by atoms with Crippen molar-refractivity contribution in [3.05, 3.63) is 35.4 Å². The van der Waals surface area contributed by atoms with Gasteiger partial charge < -0.3 is 10.1 Å². The Labute approximate surface area is 91.6 Å². The lowest BCUT2D eigenvalue weighted by atomic mass is 9.86. The number of hydrogen-bond donors (Lipinski definition) is 1. The summed E-state index contributed by atoms with van der Waals surface area (Å²) in [6.45, 7) is 2.86. The van der Waals surface area contributed by atoms with Gasteiger partial charge in [0.1, 0.15) is 0 Å². The Morgan fingerprint density at radius 3 is 2.67 bits per heavy atom. The molecule has 1 aliphatic rings. The molecule has 1 aliphatic carbocycles. The van der Waals surface area contributed by atoms with Crippen molar-refractivity contribution in [2.75, 3.05) is 13.7 Å². The molecular weight excluding hydrogens is 186 g/mol. The second kappa shape index (κ2) is 4.77. The summed E-state index contributed by atoms with van der Waals surface area (Å²) < 4.78 is 5.77. The minimum absolute atomic E-state index is 0.302. The highest BCUT2D eigenvalue weighted by Crippen LogP contribution is 2.37. The molecule has 82 valence electrons. The topological polar surface area (TPSA) is 21.3 Å². The highest BCUT2D eigenvalue weighted by atomic mass is 16.5. The fourth-order valence-electron chi connectivity index (χ4n) is 2.42. The van der Waals surface area contributed by atoms with Gasteiger partial charge in [-0.25, -0.2) is 0 Å². The fraction of sp³-hybridized carbons (Fsp3) is 0.538. The maximum atomic E-state index is 5.77. The molecular formula is C13H19NO. The third-order valence-corrected chi connectivity index (χ3v) is 3.15. The normalized spacial score (nSPS) is 24.9. The van der Waals surface area contributed by atoms with E-state index in [1.165, 1.54) is 11.1 Å². The van der Waals surface area contributed by atoms with Crippen LogP contribution in [0.15, 0.2) is 24.3 Å². The van der Waals surface area contributed by atoms with Gasteiger partial charge in [0, 0.05) is 12.6 Å². The largest absolute Gasteiger partial charge is 0.374 e. The van der Waals surface area contributed by atoms with Crippen LogP contribution in [-0.2, 0) is 4.74 Å². The van der Waals surface area contributed by atoms with Gasteiger partial charge in [0.05, 0.1) is 6.10 Å². The molecule has 0 unspecified atom stereocenters. The fourth-order valence-corrected chi connectivity index (χ4v) is 2.42. The summed E-state index contributed by atoms with van der Waals surface area (Å²) in [5.41, 5.74) is 2.77. The number of nitrogens with one attached hydrogen (secondary N) is 1. The molecule has 0 amide bonds. The zero-order valence-electron chi connectivity index (χ0n) is 9.49. The molecule has 2 nitrogen and oxygen atoms in total. The van der Waals surface area contributed by atoms with Crippen LogP contribution in [0.4, 0.5) is 0 Å². The first kappa shape index (κ1) is 10.7. The van der Waals surface area contributed by atoms with E-state index in [1.807, 2.05) is 7.05 Å². The molecule has 1 aromatic carbocycles. The molecule has 0 spiro atoms. The lowest BCUT2D eigenvalue weighted by molar-refractivity contribution is 0.0459. The Kier molecular flexibility index (Phi) is 3.39. The Morgan fingerprint density at radius 1 is 1.27 bits per heavy atom. The lowest BCUT2D eigenvalue weighted by Crippen LogP contribution is -2.24. The number of benzene rings is 1. The highest BCUT2D eigenvalue weighted by molar-refractivity contribution is 5.34. The van der Waals surface area contributed by atoms with E-state index in [1.54, 1.807) is 0 Å². The van der Waals surface area contributed by atoms with Crippen LogP contribution in [0.25, 0.3) is 0 Å². The smallest absolute Gasteiger partial charge is 0.0828 e. The van der Waals surface area contributed by atoms with Crippen molar-refractivity contribution in [1.29, 1.82) is 0 Å². The highest BCUT2D eigenvalue weighted by Gasteiger charge is 2.25. The van der Waals surface area contributed by atoms with Crippen LogP contribution in [0, 0.1) is 0 Å². The van der Waals surface area contributed by atoms with E-state index in [0.717, 1.165) is 19.4 Å². The van der Waals surface area contributed by atoms with Crippen LogP contribution in [0.5, 0.6) is 0 Å². The molecule has 0 aliphatic heterocycles. The molecule has 1 aromatic rings. The van der Waals surface area contributed by atoms with E-state index in [-0.39, 0.29) is 0 Å². The predicted molar refractivity (Wildman–Crippen MR) is 61.8 cm³/mol. The molecule has 0 saturated carbocycles. The van der Waals surface area contributed by atoms with Crippen LogP contribution in [0.1, 0.15) is 43.0 Å². The van der Waals surface area contributed by atoms with Gasteiger partial charge in [-0.15, -0.1) is 0 Å². The van der Waals surface area contributed by atoms with Crippen molar-refractivity contribution < 1.29 is 4.74 Å². The second-order valence-corrected chi connectivity index (χ2v) is 3.99. The summed E-state index contributed by atoms with van der Waals surface area (Å²) in [6, 6.07) is 9.11. The molecule has 0 bridgehead atoms. The van der Waals surface area contributed by atoms with Gasteiger partial charge in [-0.3, -0.25) is 0 Å². The third kappa shape index (κ3) is 2.06. The molecule has 2 rings (SSSR count). The van der Waals surface area contributed by atoms with Gasteiger partial charge >= 0.3 is 0 Å². The van der Waals surface area contributed by atoms with Gasteiger partial charge in [-0.05, 0) is 37.9 Å². The SMILES string of the molecule is CCO[C@H]1CC[C@H](NC)c2ccccc21. The summed E-state index contributed by atoms with van der Waals surface area (Å²) in [5.74, 6) is 0. The summed E-state index contributed by atoms with van der Waals surface area (Å²) in [6.07, 6.45) is 2.59. The monoisotopic (exact) mass is 205 g/mol. The van der Waals surface area contributed by atoms with Crippen LogP contribution in [0.2, 0.25) is 0 Å². The second-order valence-electron chi connectivity index (χ2n) is 3.99. The standard InChI is InChI=1S/C13H19NO/c1-3-15-13-9-8-12(14-2)10-6-4-5-7-11(10)13/h4-7,12-14H,3,8-9H2,1-2H3/t12-,13-/m0/s1. The third-order valence-electron chi connectivity index (χ3n) is 3.15. The number of ether oxygens (including phenoxy) is 1. The first-order valence-corrected chi connectivity index (χ1v) is 5.74. The Bertz CT molecular complexity index is 324. The van der Waals surface area contributed by atoms with Gasteiger partial charge in [0.2, 0.25) is 0 Å². The molecule has 0 saturated heterocycles. The number of hydrogen-bond acceptors (Lipinski definition) is 2. The van der Waals surface area contributed by atoms with Gasteiger partial charge in [-0.2, -0.15) is 0 Å². The van der Waals surface area contributed by atoms with E-state index >= 15 is 0 Å². The minimum atomic E-state index is 0.302. The van der Waals surface area contributed by atoms with E-state index in [4.69, 9.17) is 4.74 Å². The van der Waals surface area contributed by atoms with Crippen LogP contribution in [0.3, 0.4) is 0 Å². The van der Waals surface area contributed by atoms with Crippen molar-refractivity contribution in [3.8, 4) is 0 Å². The minimum Gasteiger partial charge on any atom is -0.374 e. The van der Waals surface area contributed by atoms with E-state index < -0.39 is 0 Å². The molecule has 2 heteroatoms. The van der Waals surface area contributed by atoms with Gasteiger partial charge in [-0.1, -0.05) is 24.3 Å². The Balaban J connectivity index is 2.30. The molecule has 15 heavy (non-hydrogen) atoms. The van der Waals surface area contributed by atoms with Gasteiger partial charge in [0.25, 0.3) is 0 Å². The predicted octanol–water partition coefficient (Wildman–Crippen LogP) is 2.82. The van der Waals surface area contributed by atoms with E-state index in [0.29, 0.717) is 12.1 Å². The molecule has 0 radical (unpaired) electrons. The quantitative estimate of drug-likeness (QED) is 0.819. The number of fused-ring (bicyclic) bond motifs is 1. The maximum absolute atomic E-state index is 5.77. The van der Waals surface area contributed by atoms with Crippen LogP contribution in [-0.4, -0.2) is 13.7 Å². The average Bonchev–Trinajstić information content (AvgIpc) is 2.30. The van der Waals surface area contributed by atoms with Crippen molar-refractivity contribution in [2.24, 2.45) is 0 Å². The molecule has 0 aromatic heterocycles. The molecule has 2 atom stereocenters. The van der Waals surface area contributed by atoms with Crippen molar-refractivity contribution >= 4 is 0 Å². The maximum Gasteiger partial charge on any atom is 0.0828 e. The zero-order valence-corrected chi connectivity index (χ0v) is 9.49. The molecule has 1 N–H and O–H groups in total. The number of rotatable bonds is 3. The summed E-state index contributed by atoms with van der Waals surface area (Å²) >= 11 is 0. The zero-order chi connectivity index (χ0) is 10.7. The molecule has 0 heterocycles. The summed E-state index contributed by atoms with van der Waals surface area (Å²) in [7, 11) is 2.03. The van der Waals surface area contributed by atoms with Gasteiger partial charge in [0.15, 0.2) is 0 Å². The lowest BCUT2D eigenvalue weighted by Gasteiger charge is -2.31. The van der Waals surface area contributed by atoms with E-state index in [2.05, 4.69) is 36.5 Å². The summed E-state index contributed by atoms with van der Waals surface area (Å²) in [4.78, 5) is 0. The van der Waals surface area contributed by atoms with Crippen molar-refractivity contribution in [2.45, 2.75) is 31.9 Å². The van der Waals surface area contributed by atoms with Crippen molar-refractivity contribution in [1.82, 2.24) is 5.32 Å².